The van der Waals surface area contributed by atoms with Gasteiger partial charge in [0.2, 0.25) is 0 Å². The monoisotopic (exact) mass is 475 g/mol. The smallest absolute Gasteiger partial charge is 0.145 e. The Morgan fingerprint density at radius 2 is 1.79 bits per heavy atom. The van der Waals surface area contributed by atoms with Crippen molar-refractivity contribution in [3.05, 3.63) is 78.0 Å². The minimum Gasteiger partial charge on any atom is -0.360 e. The van der Waals surface area contributed by atoms with Crippen LogP contribution in [-0.4, -0.2) is 57.2 Å². The van der Waals surface area contributed by atoms with Gasteiger partial charge in [-0.15, -0.1) is 0 Å². The van der Waals surface area contributed by atoms with Gasteiger partial charge in [0.05, 0.1) is 12.3 Å². The highest BCUT2D eigenvalue weighted by atomic mass is 32.3. The van der Waals surface area contributed by atoms with Crippen molar-refractivity contribution < 1.29 is 4.74 Å². The second kappa shape index (κ2) is 9.13. The summed E-state index contributed by atoms with van der Waals surface area (Å²) in [4.78, 5) is 14.0. The Hall–Kier alpha value is -2.74. The molecule has 2 N–H and O–H groups in total. The van der Waals surface area contributed by atoms with Crippen molar-refractivity contribution in [3.8, 4) is 11.3 Å². The third-order valence-electron chi connectivity index (χ3n) is 6.77. The molecule has 4 aromatic rings. The predicted molar refractivity (Wildman–Crippen MR) is 142 cm³/mol. The maximum atomic E-state index is 6.37. The summed E-state index contributed by atoms with van der Waals surface area (Å²) in [5.74, 6) is 1.10. The van der Waals surface area contributed by atoms with Crippen LogP contribution in [-0.2, 0) is 29.7 Å². The normalized spacial score (nSPS) is 15.5. The van der Waals surface area contributed by atoms with Gasteiger partial charge in [-0.1, -0.05) is 24.3 Å². The summed E-state index contributed by atoms with van der Waals surface area (Å²) in [6.07, 6.45) is 14.3. The number of nitrogens with two attached hydrogens (primary N) is 1. The molecule has 178 valence electrons. The van der Waals surface area contributed by atoms with Gasteiger partial charge in [0.1, 0.15) is 18.7 Å². The van der Waals surface area contributed by atoms with E-state index in [-0.39, 0.29) is 5.41 Å². The minimum absolute atomic E-state index is 0.180. The lowest BCUT2D eigenvalue weighted by atomic mass is 9.80. The zero-order valence-corrected chi connectivity index (χ0v) is 21.0. The second-order valence-corrected chi connectivity index (χ2v) is 14.7. The molecule has 3 heterocycles. The molecule has 0 radical (unpaired) electrons. The maximum Gasteiger partial charge on any atom is 0.145 e. The minimum atomic E-state index is -0.561. The summed E-state index contributed by atoms with van der Waals surface area (Å²) >= 11 is 0. The summed E-state index contributed by atoms with van der Waals surface area (Å²) in [6.45, 7) is 1.81. The maximum absolute atomic E-state index is 6.37. The molecule has 1 aromatic carbocycles. The largest absolute Gasteiger partial charge is 0.360 e. The van der Waals surface area contributed by atoms with Gasteiger partial charge in [0, 0.05) is 46.7 Å². The Morgan fingerprint density at radius 1 is 1.03 bits per heavy atom. The van der Waals surface area contributed by atoms with Crippen LogP contribution in [0.5, 0.6) is 0 Å². The number of fused-ring (bicyclic) bond motifs is 2. The quantitative estimate of drug-likeness (QED) is 0.387. The summed E-state index contributed by atoms with van der Waals surface area (Å²) in [5, 5.41) is 1.02. The highest BCUT2D eigenvalue weighted by Gasteiger charge is 2.39. The summed E-state index contributed by atoms with van der Waals surface area (Å²) in [6, 6.07) is 14.9. The van der Waals surface area contributed by atoms with Crippen LogP contribution in [0.2, 0.25) is 0 Å². The van der Waals surface area contributed by atoms with E-state index in [4.69, 9.17) is 15.5 Å². The molecule has 1 aliphatic carbocycles. The number of hydrogen-bond donors (Lipinski definition) is 1. The van der Waals surface area contributed by atoms with Crippen LogP contribution in [0.25, 0.3) is 22.3 Å². The molecular formula is C27H33N5OS. The van der Waals surface area contributed by atoms with Crippen molar-refractivity contribution in [2.24, 2.45) is 5.73 Å². The second-order valence-electron chi connectivity index (χ2n) is 10.1. The Labute approximate surface area is 202 Å². The van der Waals surface area contributed by atoms with Crippen molar-refractivity contribution in [2.45, 2.75) is 25.0 Å². The van der Waals surface area contributed by atoms with Gasteiger partial charge in [-0.2, -0.15) is 0 Å². The van der Waals surface area contributed by atoms with E-state index >= 15 is 0 Å². The van der Waals surface area contributed by atoms with Gasteiger partial charge in [0.25, 0.3) is 0 Å². The molecule has 6 nitrogen and oxygen atoms in total. The third-order valence-corrected chi connectivity index (χ3v) is 8.16. The van der Waals surface area contributed by atoms with E-state index in [1.54, 1.807) is 6.33 Å². The molecule has 0 aliphatic heterocycles. The number of benzene rings is 1. The van der Waals surface area contributed by atoms with Crippen LogP contribution in [0.3, 0.4) is 0 Å². The lowest BCUT2D eigenvalue weighted by molar-refractivity contribution is 0.0923. The predicted octanol–water partition coefficient (Wildman–Crippen LogP) is 4.16. The van der Waals surface area contributed by atoms with Gasteiger partial charge in [-0.3, -0.25) is 4.98 Å². The molecule has 0 bridgehead atoms. The lowest BCUT2D eigenvalue weighted by Crippen LogP contribution is -2.36. The molecule has 0 unspecified atom stereocenters. The molecule has 5 rings (SSSR count). The Morgan fingerprint density at radius 3 is 2.50 bits per heavy atom. The van der Waals surface area contributed by atoms with Crippen molar-refractivity contribution in [1.82, 2.24) is 19.5 Å². The van der Waals surface area contributed by atoms with Crippen LogP contribution < -0.4 is 5.73 Å². The number of rotatable bonds is 8. The number of pyridine rings is 1. The highest BCUT2D eigenvalue weighted by molar-refractivity contribution is 8.32. The number of ether oxygens (including phenoxy) is 1. The van der Waals surface area contributed by atoms with Crippen molar-refractivity contribution in [2.75, 3.05) is 37.7 Å². The molecule has 7 heteroatoms. The first-order valence-electron chi connectivity index (χ1n) is 11.7. The average molecular weight is 476 g/mol. The fourth-order valence-corrected chi connectivity index (χ4v) is 5.42. The van der Waals surface area contributed by atoms with E-state index in [1.807, 2.05) is 18.5 Å². The van der Waals surface area contributed by atoms with Crippen molar-refractivity contribution in [3.63, 3.8) is 0 Å². The molecule has 3 aromatic heterocycles. The molecule has 0 atom stereocenters. The fourth-order valence-electron chi connectivity index (χ4n) is 4.80. The molecular weight excluding hydrogens is 442 g/mol. The van der Waals surface area contributed by atoms with Crippen LogP contribution in [0.15, 0.2) is 61.2 Å². The summed E-state index contributed by atoms with van der Waals surface area (Å²) in [7, 11) is -0.561. The first kappa shape index (κ1) is 23.0. The van der Waals surface area contributed by atoms with E-state index in [1.165, 1.54) is 11.1 Å². The summed E-state index contributed by atoms with van der Waals surface area (Å²) < 4.78 is 8.00. The van der Waals surface area contributed by atoms with Crippen LogP contribution >= 0.6 is 10.0 Å². The summed E-state index contributed by atoms with van der Waals surface area (Å²) in [5.41, 5.74) is 12.8. The Kier molecular flexibility index (Phi) is 6.18. The molecule has 0 fully saturated rings. The Balaban J connectivity index is 1.43. The van der Waals surface area contributed by atoms with Crippen LogP contribution in [0.1, 0.15) is 16.8 Å². The molecule has 0 spiro atoms. The number of nitrogens with zero attached hydrogens (tertiary/aromatic N) is 4. The standard InChI is InChI=1S/C27H33N5OS/c1-34(2,3)13-12-33-19-32-11-9-23-25(30-18-31-26(23)32)20-8-10-29-24(14-20)27(17-28)15-21-6-4-5-7-22(21)16-27/h4-11,14,18H,12-13,15-17,19,28H2,1-3H3. The first-order chi connectivity index (χ1) is 16.4. The molecule has 1 aliphatic rings. The van der Waals surface area contributed by atoms with Gasteiger partial charge in [-0.25, -0.2) is 20.0 Å². The van der Waals surface area contributed by atoms with Crippen LogP contribution in [0, 0.1) is 0 Å². The van der Waals surface area contributed by atoms with Gasteiger partial charge in [-0.05, 0) is 60.9 Å². The van der Waals surface area contributed by atoms with Crippen molar-refractivity contribution >= 4 is 21.1 Å². The van der Waals surface area contributed by atoms with Gasteiger partial charge >= 0.3 is 0 Å². The van der Waals surface area contributed by atoms with E-state index in [0.29, 0.717) is 13.3 Å². The van der Waals surface area contributed by atoms with E-state index < -0.39 is 10.0 Å². The van der Waals surface area contributed by atoms with E-state index in [9.17, 15) is 0 Å². The molecule has 0 saturated carbocycles. The zero-order valence-electron chi connectivity index (χ0n) is 20.2. The molecule has 34 heavy (non-hydrogen) atoms. The van der Waals surface area contributed by atoms with Crippen molar-refractivity contribution in [1.29, 1.82) is 0 Å². The highest BCUT2D eigenvalue weighted by Crippen LogP contribution is 2.39. The zero-order chi connectivity index (χ0) is 23.8. The SMILES string of the molecule is CS(C)(C)CCOCn1ccc2c(-c3ccnc(C4(CN)Cc5ccccc5C4)c3)ncnc21. The third kappa shape index (κ3) is 4.48. The van der Waals surface area contributed by atoms with Gasteiger partial charge in [0.15, 0.2) is 0 Å². The molecule has 0 saturated heterocycles. The van der Waals surface area contributed by atoms with Gasteiger partial charge < -0.3 is 15.0 Å². The fraction of sp³-hybridized carbons (Fsp3) is 0.370. The van der Waals surface area contributed by atoms with E-state index in [2.05, 4.69) is 69.7 Å². The topological polar surface area (TPSA) is 78.9 Å². The average Bonchev–Trinajstić information content (AvgIpc) is 3.43. The first-order valence-corrected chi connectivity index (χ1v) is 14.7. The van der Waals surface area contributed by atoms with E-state index in [0.717, 1.165) is 53.2 Å². The lowest BCUT2D eigenvalue weighted by Gasteiger charge is -2.27. The van der Waals surface area contributed by atoms with Crippen LogP contribution in [0.4, 0.5) is 0 Å². The number of hydrogen-bond acceptors (Lipinski definition) is 5. The molecule has 0 amide bonds. The Bertz CT molecular complexity index is 1280. The number of aromatic nitrogens is 4.